The lowest BCUT2D eigenvalue weighted by atomic mass is 10.2. The Kier molecular flexibility index (Phi) is 5.49. The first kappa shape index (κ1) is 16.8. The van der Waals surface area contributed by atoms with Gasteiger partial charge in [-0.1, -0.05) is 41.8 Å². The van der Waals surface area contributed by atoms with Crippen LogP contribution in [-0.2, 0) is 4.74 Å². The van der Waals surface area contributed by atoms with Crippen LogP contribution in [0, 0.1) is 18.8 Å². The first-order chi connectivity index (χ1) is 12.3. The van der Waals surface area contributed by atoms with Gasteiger partial charge in [-0.2, -0.15) is 4.68 Å². The van der Waals surface area contributed by atoms with E-state index >= 15 is 0 Å². The summed E-state index contributed by atoms with van der Waals surface area (Å²) >= 11 is 1.41. The number of carbonyl (C=O) groups excluding carboxylic acids is 1. The number of benzene rings is 1. The molecule has 0 aliphatic heterocycles. The molecule has 0 fully saturated rings. The number of aryl methyl sites for hydroxylation is 1. The minimum Gasteiger partial charge on any atom is -0.457 e. The highest BCUT2D eigenvalue weighted by Crippen LogP contribution is 2.19. The van der Waals surface area contributed by atoms with Gasteiger partial charge in [0.25, 0.3) is 0 Å². The molecule has 7 nitrogen and oxygen atoms in total. The van der Waals surface area contributed by atoms with Gasteiger partial charge in [0, 0.05) is 0 Å². The Labute approximate surface area is 148 Å². The van der Waals surface area contributed by atoms with Gasteiger partial charge >= 0.3 is 5.97 Å². The van der Waals surface area contributed by atoms with Crippen molar-refractivity contribution in [1.82, 2.24) is 20.2 Å². The summed E-state index contributed by atoms with van der Waals surface area (Å²) in [6, 6.07) is 11.0. The van der Waals surface area contributed by atoms with Gasteiger partial charge in [0.2, 0.25) is 10.9 Å². The molecule has 0 radical (unpaired) electrons. The van der Waals surface area contributed by atoms with E-state index in [0.29, 0.717) is 10.9 Å². The fourth-order valence-corrected chi connectivity index (χ4v) is 2.65. The second-order valence-electron chi connectivity index (χ2n) is 4.86. The van der Waals surface area contributed by atoms with Gasteiger partial charge in [0.05, 0.1) is 17.7 Å². The SMILES string of the molecule is Cc1ccccc1-n1nnnc1SCC#CCOC(=O)c1ccco1. The van der Waals surface area contributed by atoms with Crippen LogP contribution in [0.2, 0.25) is 0 Å². The second kappa shape index (κ2) is 8.17. The molecule has 0 unspecified atom stereocenters. The van der Waals surface area contributed by atoms with Crippen LogP contribution in [0.25, 0.3) is 5.69 Å². The Bertz CT molecular complexity index is 909. The molecule has 0 saturated heterocycles. The minimum absolute atomic E-state index is 0.00280. The number of nitrogens with zero attached hydrogens (tertiary/aromatic N) is 4. The number of hydrogen-bond donors (Lipinski definition) is 0. The third-order valence-electron chi connectivity index (χ3n) is 3.18. The molecule has 2 aromatic heterocycles. The first-order valence-corrected chi connectivity index (χ1v) is 8.38. The highest BCUT2D eigenvalue weighted by Gasteiger charge is 2.10. The summed E-state index contributed by atoms with van der Waals surface area (Å²) in [4.78, 5) is 11.5. The van der Waals surface area contributed by atoms with Crippen molar-refractivity contribution in [1.29, 1.82) is 0 Å². The van der Waals surface area contributed by atoms with Crippen LogP contribution in [0.1, 0.15) is 16.1 Å². The summed E-state index contributed by atoms with van der Waals surface area (Å²) in [6.45, 7) is 2.00. The zero-order valence-corrected chi connectivity index (χ0v) is 14.2. The fourth-order valence-electron chi connectivity index (χ4n) is 1.99. The molecular formula is C17H14N4O3S. The minimum atomic E-state index is -0.532. The van der Waals surface area contributed by atoms with E-state index in [-0.39, 0.29) is 12.4 Å². The van der Waals surface area contributed by atoms with Crippen molar-refractivity contribution in [2.24, 2.45) is 0 Å². The molecule has 0 atom stereocenters. The summed E-state index contributed by atoms with van der Waals surface area (Å²) in [6.07, 6.45) is 1.41. The van der Waals surface area contributed by atoms with E-state index in [1.165, 1.54) is 24.1 Å². The lowest BCUT2D eigenvalue weighted by Gasteiger charge is -2.05. The highest BCUT2D eigenvalue weighted by atomic mass is 32.2. The summed E-state index contributed by atoms with van der Waals surface area (Å²) in [5.41, 5.74) is 2.00. The fraction of sp³-hybridized carbons (Fsp3) is 0.176. The molecule has 126 valence electrons. The molecule has 0 saturated carbocycles. The van der Waals surface area contributed by atoms with Crippen LogP contribution in [0.3, 0.4) is 0 Å². The van der Waals surface area contributed by atoms with E-state index in [9.17, 15) is 4.79 Å². The van der Waals surface area contributed by atoms with E-state index in [1.54, 1.807) is 10.7 Å². The number of para-hydroxylation sites is 1. The lowest BCUT2D eigenvalue weighted by molar-refractivity contribution is 0.0520. The van der Waals surface area contributed by atoms with E-state index < -0.39 is 5.97 Å². The van der Waals surface area contributed by atoms with E-state index in [0.717, 1.165) is 11.3 Å². The van der Waals surface area contributed by atoms with Gasteiger partial charge in [-0.25, -0.2) is 4.79 Å². The number of hydrogen-bond acceptors (Lipinski definition) is 7. The molecule has 3 aromatic rings. The summed E-state index contributed by atoms with van der Waals surface area (Å²) < 4.78 is 11.6. The smallest absolute Gasteiger partial charge is 0.375 e. The van der Waals surface area contributed by atoms with Crippen LogP contribution in [0.15, 0.2) is 52.2 Å². The van der Waals surface area contributed by atoms with Crippen LogP contribution in [0.4, 0.5) is 0 Å². The topological polar surface area (TPSA) is 83.0 Å². The van der Waals surface area contributed by atoms with Gasteiger partial charge in [0.15, 0.2) is 6.61 Å². The molecule has 0 aliphatic carbocycles. The summed E-state index contributed by atoms with van der Waals surface area (Å²) in [5, 5.41) is 12.4. The Balaban J connectivity index is 1.52. The van der Waals surface area contributed by atoms with Crippen molar-refractivity contribution in [2.45, 2.75) is 12.1 Å². The van der Waals surface area contributed by atoms with Crippen molar-refractivity contribution < 1.29 is 13.9 Å². The monoisotopic (exact) mass is 354 g/mol. The number of ether oxygens (including phenoxy) is 1. The largest absolute Gasteiger partial charge is 0.457 e. The standard InChI is InChI=1S/C17H14N4O3S/c1-13-7-2-3-8-14(13)21-17(18-19-20-21)25-12-5-4-10-24-16(22)15-9-6-11-23-15/h2-3,6-9,11H,10,12H2,1H3. The van der Waals surface area contributed by atoms with Gasteiger partial charge in [-0.3, -0.25) is 0 Å². The molecule has 8 heteroatoms. The Morgan fingerprint density at radius 2 is 2.16 bits per heavy atom. The molecule has 0 N–H and O–H groups in total. The van der Waals surface area contributed by atoms with Gasteiger partial charge in [-0.05, 0) is 41.1 Å². The van der Waals surface area contributed by atoms with E-state index in [1.807, 2.05) is 31.2 Å². The van der Waals surface area contributed by atoms with Crippen LogP contribution in [-0.4, -0.2) is 38.5 Å². The molecule has 1 aromatic carbocycles. The lowest BCUT2D eigenvalue weighted by Crippen LogP contribution is -2.03. The number of rotatable bonds is 5. The predicted molar refractivity (Wildman–Crippen MR) is 91.4 cm³/mol. The summed E-state index contributed by atoms with van der Waals surface area (Å²) in [5.74, 6) is 5.80. The number of aromatic nitrogens is 4. The van der Waals surface area contributed by atoms with Crippen molar-refractivity contribution >= 4 is 17.7 Å². The molecule has 2 heterocycles. The second-order valence-corrected chi connectivity index (χ2v) is 5.80. The first-order valence-electron chi connectivity index (χ1n) is 7.39. The van der Waals surface area contributed by atoms with E-state index in [4.69, 9.17) is 9.15 Å². The normalized spacial score (nSPS) is 10.1. The summed E-state index contributed by atoms with van der Waals surface area (Å²) in [7, 11) is 0. The molecule has 0 amide bonds. The molecule has 3 rings (SSSR count). The van der Waals surface area contributed by atoms with E-state index in [2.05, 4.69) is 27.4 Å². The molecule has 0 bridgehead atoms. The molecule has 0 aliphatic rings. The third-order valence-corrected chi connectivity index (χ3v) is 3.98. The molecule has 0 spiro atoms. The van der Waals surface area contributed by atoms with Crippen LogP contribution >= 0.6 is 11.8 Å². The quantitative estimate of drug-likeness (QED) is 0.395. The van der Waals surface area contributed by atoms with Gasteiger partial charge < -0.3 is 9.15 Å². The van der Waals surface area contributed by atoms with Crippen molar-refractivity contribution in [3.05, 3.63) is 54.0 Å². The Hall–Kier alpha value is -3.05. The molecular weight excluding hydrogens is 340 g/mol. The maximum atomic E-state index is 11.5. The van der Waals surface area contributed by atoms with Crippen LogP contribution < -0.4 is 0 Å². The average molecular weight is 354 g/mol. The van der Waals surface area contributed by atoms with Gasteiger partial charge in [0.1, 0.15) is 0 Å². The maximum absolute atomic E-state index is 11.5. The van der Waals surface area contributed by atoms with Crippen molar-refractivity contribution in [3.63, 3.8) is 0 Å². The zero-order chi connectivity index (χ0) is 17.5. The molecule has 25 heavy (non-hydrogen) atoms. The third kappa shape index (κ3) is 4.28. The number of esters is 1. The predicted octanol–water partition coefficient (Wildman–Crippen LogP) is 2.52. The van der Waals surface area contributed by atoms with Crippen LogP contribution in [0.5, 0.6) is 0 Å². The van der Waals surface area contributed by atoms with Gasteiger partial charge in [-0.15, -0.1) is 5.10 Å². The maximum Gasteiger partial charge on any atom is 0.375 e. The Morgan fingerprint density at radius 3 is 2.96 bits per heavy atom. The zero-order valence-electron chi connectivity index (χ0n) is 13.4. The number of tetrazole rings is 1. The van der Waals surface area contributed by atoms with Crippen molar-refractivity contribution in [2.75, 3.05) is 12.4 Å². The van der Waals surface area contributed by atoms with Crippen molar-refractivity contribution in [3.8, 4) is 17.5 Å². The number of carbonyl (C=O) groups is 1. The number of furan rings is 1. The average Bonchev–Trinajstić information content (AvgIpc) is 3.30. The Morgan fingerprint density at radius 1 is 1.28 bits per heavy atom. The highest BCUT2D eigenvalue weighted by molar-refractivity contribution is 7.99. The number of thioether (sulfide) groups is 1.